The van der Waals surface area contributed by atoms with Crippen LogP contribution in [-0.4, -0.2) is 47.8 Å². The maximum Gasteiger partial charge on any atom is 0.323 e. The summed E-state index contributed by atoms with van der Waals surface area (Å²) in [5.74, 6) is 0.313. The molecule has 0 fully saturated rings. The van der Waals surface area contributed by atoms with Gasteiger partial charge in [0.05, 0.1) is 14.2 Å². The number of rotatable bonds is 7. The molecule has 0 radical (unpaired) electrons. The Balaban J connectivity index is 1.89. The number of ether oxygens (including phenoxy) is 2. The monoisotopic (exact) mass is 388 g/mol. The van der Waals surface area contributed by atoms with E-state index >= 15 is 0 Å². The van der Waals surface area contributed by atoms with Crippen molar-refractivity contribution >= 4 is 11.9 Å². The molecular weight excluding hydrogens is 364 g/mol. The molecule has 1 aliphatic rings. The van der Waals surface area contributed by atoms with E-state index in [2.05, 4.69) is 5.16 Å². The molecule has 0 aliphatic heterocycles. The number of carbonyl (C=O) groups excluding carboxylic acids is 1. The molecule has 1 heterocycles. The summed E-state index contributed by atoms with van der Waals surface area (Å²) in [6.07, 6.45) is 4.49. The van der Waals surface area contributed by atoms with Crippen LogP contribution in [0.3, 0.4) is 0 Å². The van der Waals surface area contributed by atoms with Crippen LogP contribution in [0.15, 0.2) is 22.7 Å². The smallest absolute Gasteiger partial charge is 0.323 e. The van der Waals surface area contributed by atoms with Crippen LogP contribution >= 0.6 is 0 Å². The molecule has 0 saturated heterocycles. The van der Waals surface area contributed by atoms with Gasteiger partial charge in [-0.05, 0) is 37.0 Å². The molecular formula is C20H24N2O6. The van der Waals surface area contributed by atoms with E-state index in [1.54, 1.807) is 18.2 Å². The second-order valence-corrected chi connectivity index (χ2v) is 6.77. The number of amides is 1. The first-order chi connectivity index (χ1) is 13.5. The van der Waals surface area contributed by atoms with Crippen LogP contribution in [0.5, 0.6) is 11.5 Å². The third-order valence-electron chi connectivity index (χ3n) is 4.80. The van der Waals surface area contributed by atoms with Gasteiger partial charge in [-0.3, -0.25) is 9.59 Å². The normalized spacial score (nSPS) is 13.4. The number of benzene rings is 1. The zero-order valence-corrected chi connectivity index (χ0v) is 16.1. The Labute approximate surface area is 163 Å². The van der Waals surface area contributed by atoms with Gasteiger partial charge in [-0.1, -0.05) is 11.6 Å². The summed E-state index contributed by atoms with van der Waals surface area (Å²) in [7, 11) is 3.06. The fourth-order valence-corrected chi connectivity index (χ4v) is 3.42. The Bertz CT molecular complexity index is 838. The van der Waals surface area contributed by atoms with E-state index in [1.807, 2.05) is 0 Å². The Morgan fingerprint density at radius 3 is 2.43 bits per heavy atom. The molecule has 2 aromatic rings. The number of hydrogen-bond donors (Lipinski definition) is 1. The number of nitrogens with zero attached hydrogens (tertiary/aromatic N) is 2. The average molecular weight is 388 g/mol. The van der Waals surface area contributed by atoms with Crippen LogP contribution in [0.25, 0.3) is 0 Å². The number of carboxylic acid groups (broad SMARTS) is 1. The predicted molar refractivity (Wildman–Crippen MR) is 99.7 cm³/mol. The number of fused-ring (bicyclic) bond motifs is 1. The number of carboxylic acids is 1. The minimum Gasteiger partial charge on any atom is -0.497 e. The molecule has 0 atom stereocenters. The minimum absolute atomic E-state index is 0.0837. The van der Waals surface area contributed by atoms with Crippen LogP contribution < -0.4 is 9.47 Å². The molecule has 1 aliphatic carbocycles. The molecule has 1 N–H and O–H groups in total. The van der Waals surface area contributed by atoms with Gasteiger partial charge in [0.2, 0.25) is 0 Å². The Morgan fingerprint density at radius 1 is 1.11 bits per heavy atom. The summed E-state index contributed by atoms with van der Waals surface area (Å²) in [6, 6.07) is 5.20. The number of aromatic nitrogens is 1. The second-order valence-electron chi connectivity index (χ2n) is 6.77. The van der Waals surface area contributed by atoms with E-state index in [0.717, 1.165) is 37.0 Å². The number of methoxy groups -OCH3 is 2. The predicted octanol–water partition coefficient (Wildman–Crippen LogP) is 2.69. The van der Waals surface area contributed by atoms with Crippen LogP contribution in [0.2, 0.25) is 0 Å². The lowest BCUT2D eigenvalue weighted by Gasteiger charge is -2.21. The highest BCUT2D eigenvalue weighted by molar-refractivity contribution is 5.95. The Kier molecular flexibility index (Phi) is 6.18. The molecule has 8 nitrogen and oxygen atoms in total. The van der Waals surface area contributed by atoms with Crippen molar-refractivity contribution in [2.24, 2.45) is 0 Å². The number of aliphatic carboxylic acids is 1. The van der Waals surface area contributed by atoms with Gasteiger partial charge < -0.3 is 24.0 Å². The van der Waals surface area contributed by atoms with Crippen molar-refractivity contribution in [1.29, 1.82) is 0 Å². The van der Waals surface area contributed by atoms with Gasteiger partial charge in [0.25, 0.3) is 5.91 Å². The second kappa shape index (κ2) is 8.77. The topological polar surface area (TPSA) is 102 Å². The molecule has 1 aromatic heterocycles. The fraction of sp³-hybridized carbons (Fsp3) is 0.450. The molecule has 28 heavy (non-hydrogen) atoms. The highest BCUT2D eigenvalue weighted by atomic mass is 16.5. The van der Waals surface area contributed by atoms with Crippen molar-refractivity contribution in [3.63, 3.8) is 0 Å². The van der Waals surface area contributed by atoms with Gasteiger partial charge >= 0.3 is 5.97 Å². The highest BCUT2D eigenvalue weighted by Crippen LogP contribution is 2.26. The van der Waals surface area contributed by atoms with E-state index in [0.29, 0.717) is 23.5 Å². The first-order valence-electron chi connectivity index (χ1n) is 9.22. The quantitative estimate of drug-likeness (QED) is 0.728. The summed E-state index contributed by atoms with van der Waals surface area (Å²) in [4.78, 5) is 25.7. The lowest BCUT2D eigenvalue weighted by atomic mass is 10.1. The Hall–Kier alpha value is -3.03. The average Bonchev–Trinajstić information content (AvgIpc) is 2.94. The Morgan fingerprint density at radius 2 is 1.79 bits per heavy atom. The van der Waals surface area contributed by atoms with Crippen molar-refractivity contribution in [1.82, 2.24) is 10.1 Å². The standard InChI is InChI=1S/C20H24N2O6/c1-26-14-8-13(9-15(10-14)27-2)11-22(12-18(23)24)20(25)19-16-6-4-3-5-7-17(16)28-21-19/h8-10H,3-7,11-12H2,1-2H3,(H,23,24). The maximum absolute atomic E-state index is 13.1. The van der Waals surface area contributed by atoms with Crippen molar-refractivity contribution in [3.8, 4) is 11.5 Å². The SMILES string of the molecule is COc1cc(CN(CC(=O)O)C(=O)c2noc3c2CCCCC3)cc(OC)c1. The van der Waals surface area contributed by atoms with Gasteiger partial charge in [0.1, 0.15) is 23.8 Å². The minimum atomic E-state index is -1.10. The number of carbonyl (C=O) groups is 2. The van der Waals surface area contributed by atoms with E-state index < -0.39 is 18.4 Å². The van der Waals surface area contributed by atoms with E-state index in [-0.39, 0.29) is 12.2 Å². The van der Waals surface area contributed by atoms with Crippen molar-refractivity contribution in [2.45, 2.75) is 38.6 Å². The van der Waals surface area contributed by atoms with Crippen LogP contribution in [0.1, 0.15) is 46.6 Å². The zero-order chi connectivity index (χ0) is 20.1. The van der Waals surface area contributed by atoms with Gasteiger partial charge in [-0.2, -0.15) is 0 Å². The molecule has 0 bridgehead atoms. The van der Waals surface area contributed by atoms with Crippen molar-refractivity contribution in [2.75, 3.05) is 20.8 Å². The summed E-state index contributed by atoms with van der Waals surface area (Å²) < 4.78 is 15.9. The third-order valence-corrected chi connectivity index (χ3v) is 4.80. The molecule has 0 unspecified atom stereocenters. The van der Waals surface area contributed by atoms with Gasteiger partial charge in [0, 0.05) is 24.6 Å². The molecule has 150 valence electrons. The molecule has 3 rings (SSSR count). The first kappa shape index (κ1) is 19.7. The summed E-state index contributed by atoms with van der Waals surface area (Å²) in [5, 5.41) is 13.3. The largest absolute Gasteiger partial charge is 0.497 e. The maximum atomic E-state index is 13.1. The van der Waals surface area contributed by atoms with Gasteiger partial charge in [-0.25, -0.2) is 0 Å². The zero-order valence-electron chi connectivity index (χ0n) is 16.1. The van der Waals surface area contributed by atoms with E-state index in [9.17, 15) is 14.7 Å². The summed E-state index contributed by atoms with van der Waals surface area (Å²) >= 11 is 0. The van der Waals surface area contributed by atoms with E-state index in [4.69, 9.17) is 14.0 Å². The van der Waals surface area contributed by atoms with Crippen LogP contribution in [-0.2, 0) is 24.2 Å². The fourth-order valence-electron chi connectivity index (χ4n) is 3.42. The lowest BCUT2D eigenvalue weighted by Crippen LogP contribution is -2.36. The highest BCUT2D eigenvalue weighted by Gasteiger charge is 2.28. The van der Waals surface area contributed by atoms with Gasteiger partial charge in [0.15, 0.2) is 5.69 Å². The molecule has 1 amide bonds. The third kappa shape index (κ3) is 4.44. The lowest BCUT2D eigenvalue weighted by molar-refractivity contribution is -0.137. The molecule has 0 saturated carbocycles. The summed E-state index contributed by atoms with van der Waals surface area (Å²) in [5.41, 5.74) is 1.72. The molecule has 8 heteroatoms. The van der Waals surface area contributed by atoms with Crippen LogP contribution in [0.4, 0.5) is 0 Å². The summed E-state index contributed by atoms with van der Waals surface area (Å²) in [6.45, 7) is -0.361. The van der Waals surface area contributed by atoms with Crippen molar-refractivity contribution < 1.29 is 28.7 Å². The molecule has 0 spiro atoms. The van der Waals surface area contributed by atoms with E-state index in [1.165, 1.54) is 19.1 Å². The van der Waals surface area contributed by atoms with Crippen LogP contribution in [0, 0.1) is 0 Å². The number of hydrogen-bond acceptors (Lipinski definition) is 6. The van der Waals surface area contributed by atoms with Crippen molar-refractivity contribution in [3.05, 3.63) is 40.8 Å². The first-order valence-corrected chi connectivity index (χ1v) is 9.22. The molecule has 1 aromatic carbocycles. The number of aryl methyl sites for hydroxylation is 1. The van der Waals surface area contributed by atoms with Gasteiger partial charge in [-0.15, -0.1) is 0 Å².